The summed E-state index contributed by atoms with van der Waals surface area (Å²) in [5.41, 5.74) is -0.0977. The second-order valence-corrected chi connectivity index (χ2v) is 6.74. The number of halogens is 3. The first-order valence-electron chi connectivity index (χ1n) is 6.97. The van der Waals surface area contributed by atoms with Crippen molar-refractivity contribution in [3.63, 3.8) is 0 Å². The second-order valence-electron chi connectivity index (χ2n) is 5.18. The van der Waals surface area contributed by atoms with Crippen LogP contribution in [-0.2, 0) is 5.38 Å². The first kappa shape index (κ1) is 15.4. The minimum atomic E-state index is -3.48. The van der Waals surface area contributed by atoms with Gasteiger partial charge in [0.1, 0.15) is 11.4 Å². The number of thiophene rings is 1. The van der Waals surface area contributed by atoms with E-state index in [1.54, 1.807) is 12.1 Å². The Morgan fingerprint density at radius 1 is 1.32 bits per heavy atom. The number of piperidine rings is 1. The highest BCUT2D eigenvalue weighted by molar-refractivity contribution is 7.17. The predicted molar refractivity (Wildman–Crippen MR) is 81.4 cm³/mol. The lowest BCUT2D eigenvalue weighted by Gasteiger charge is -2.26. The molecule has 0 spiro atoms. The molecule has 0 aliphatic carbocycles. The monoisotopic (exact) mass is 345 g/mol. The van der Waals surface area contributed by atoms with E-state index < -0.39 is 11.1 Å². The van der Waals surface area contributed by atoms with Crippen molar-refractivity contribution in [2.45, 2.75) is 24.6 Å². The zero-order valence-corrected chi connectivity index (χ0v) is 13.2. The van der Waals surface area contributed by atoms with Crippen LogP contribution >= 0.6 is 22.9 Å². The Hall–Kier alpha value is -1.47. The Balaban J connectivity index is 1.78. The number of nitrogens with zero attached hydrogens (tertiary/aromatic N) is 2. The molecular formula is C14H14ClF2N3OS. The van der Waals surface area contributed by atoms with E-state index in [0.717, 1.165) is 32.4 Å². The Bertz CT molecular complexity index is 674. The van der Waals surface area contributed by atoms with Crippen LogP contribution in [0.25, 0.3) is 10.6 Å². The maximum atomic E-state index is 13.0. The molecular weight excluding hydrogens is 332 g/mol. The summed E-state index contributed by atoms with van der Waals surface area (Å²) in [5, 5.41) is 2.58. The average molecular weight is 346 g/mol. The number of aromatic amines is 1. The minimum absolute atomic E-state index is 0.00520. The molecule has 0 saturated carbocycles. The predicted octanol–water partition coefficient (Wildman–Crippen LogP) is 4.05. The summed E-state index contributed by atoms with van der Waals surface area (Å²) in [5.74, 6) is -0.00520. The van der Waals surface area contributed by atoms with Crippen LogP contribution in [0.15, 0.2) is 18.2 Å². The molecule has 1 N–H and O–H groups in total. The van der Waals surface area contributed by atoms with Crippen molar-refractivity contribution in [3.05, 3.63) is 28.8 Å². The molecule has 22 heavy (non-hydrogen) atoms. The summed E-state index contributed by atoms with van der Waals surface area (Å²) in [6, 6.07) is 4.63. The fourth-order valence-corrected chi connectivity index (χ4v) is 3.47. The number of H-pyrrole nitrogens is 1. The van der Waals surface area contributed by atoms with Crippen LogP contribution in [0.4, 0.5) is 8.78 Å². The fourth-order valence-electron chi connectivity index (χ4n) is 2.44. The van der Waals surface area contributed by atoms with Crippen LogP contribution in [0.1, 0.15) is 34.6 Å². The highest BCUT2D eigenvalue weighted by Gasteiger charge is 2.30. The van der Waals surface area contributed by atoms with Crippen molar-refractivity contribution >= 4 is 28.8 Å². The van der Waals surface area contributed by atoms with Crippen molar-refractivity contribution < 1.29 is 13.6 Å². The highest BCUT2D eigenvalue weighted by atomic mass is 35.5. The van der Waals surface area contributed by atoms with Gasteiger partial charge in [0.05, 0.1) is 9.75 Å². The summed E-state index contributed by atoms with van der Waals surface area (Å²) < 4.78 is 26.0. The Kier molecular flexibility index (Phi) is 4.18. The molecule has 1 aliphatic heterocycles. The Morgan fingerprint density at radius 3 is 2.68 bits per heavy atom. The van der Waals surface area contributed by atoms with Gasteiger partial charge in [-0.3, -0.25) is 9.89 Å². The number of carbonyl (C=O) groups is 1. The fraction of sp³-hybridized carbons (Fsp3) is 0.429. The molecule has 3 heterocycles. The lowest BCUT2D eigenvalue weighted by atomic mass is 10.1. The molecule has 8 heteroatoms. The van der Waals surface area contributed by atoms with E-state index in [1.807, 2.05) is 4.90 Å². The first-order valence-corrected chi connectivity index (χ1v) is 8.17. The third-order valence-corrected chi connectivity index (χ3v) is 4.90. The standard InChI is InChI=1S/C14H14ClF2N3OS/c15-14(16,17)12-8-9(18-19-12)10-4-5-11(22-10)13(21)20-6-2-1-3-7-20/h4-5,8H,1-3,6-7H2,(H,18,19). The molecule has 3 rings (SSSR count). The molecule has 0 radical (unpaired) electrons. The van der Waals surface area contributed by atoms with E-state index in [-0.39, 0.29) is 5.91 Å². The number of rotatable bonds is 3. The van der Waals surface area contributed by atoms with E-state index >= 15 is 0 Å². The molecule has 1 saturated heterocycles. The van der Waals surface area contributed by atoms with Gasteiger partial charge in [0.25, 0.3) is 5.91 Å². The molecule has 4 nitrogen and oxygen atoms in total. The Labute approximate surface area is 135 Å². The highest BCUT2D eigenvalue weighted by Crippen LogP contribution is 2.34. The number of alkyl halides is 3. The number of nitrogens with one attached hydrogen (secondary N) is 1. The number of hydrogen-bond acceptors (Lipinski definition) is 3. The van der Waals surface area contributed by atoms with Crippen LogP contribution in [0.5, 0.6) is 0 Å². The third-order valence-electron chi connectivity index (χ3n) is 3.60. The maximum Gasteiger partial charge on any atom is 0.364 e. The van der Waals surface area contributed by atoms with E-state index in [9.17, 15) is 13.6 Å². The zero-order chi connectivity index (χ0) is 15.7. The summed E-state index contributed by atoms with van der Waals surface area (Å²) in [6.45, 7) is 1.55. The van der Waals surface area contributed by atoms with E-state index in [1.165, 1.54) is 17.4 Å². The number of aromatic nitrogens is 2. The van der Waals surface area contributed by atoms with Gasteiger partial charge in [-0.05, 0) is 49.1 Å². The number of amides is 1. The van der Waals surface area contributed by atoms with Gasteiger partial charge in [-0.25, -0.2) is 0 Å². The van der Waals surface area contributed by atoms with Gasteiger partial charge in [-0.15, -0.1) is 11.3 Å². The van der Waals surface area contributed by atoms with Crippen molar-refractivity contribution in [3.8, 4) is 10.6 Å². The maximum absolute atomic E-state index is 13.0. The van der Waals surface area contributed by atoms with Crippen molar-refractivity contribution in [2.24, 2.45) is 0 Å². The molecule has 2 aromatic rings. The van der Waals surface area contributed by atoms with Gasteiger partial charge in [0, 0.05) is 13.1 Å². The van der Waals surface area contributed by atoms with Crippen molar-refractivity contribution in [2.75, 3.05) is 13.1 Å². The summed E-state index contributed by atoms with van der Waals surface area (Å²) in [7, 11) is 0. The average Bonchev–Trinajstić information content (AvgIpc) is 3.15. The summed E-state index contributed by atoms with van der Waals surface area (Å²) >= 11 is 6.20. The summed E-state index contributed by atoms with van der Waals surface area (Å²) in [6.07, 6.45) is 3.21. The van der Waals surface area contributed by atoms with Gasteiger partial charge in [0.15, 0.2) is 0 Å². The van der Waals surface area contributed by atoms with Crippen LogP contribution in [-0.4, -0.2) is 34.1 Å². The third kappa shape index (κ3) is 3.15. The first-order chi connectivity index (χ1) is 10.4. The van der Waals surface area contributed by atoms with Gasteiger partial charge in [-0.1, -0.05) is 0 Å². The summed E-state index contributed by atoms with van der Waals surface area (Å²) in [4.78, 5) is 15.5. The molecule has 1 aliphatic rings. The van der Waals surface area contributed by atoms with Gasteiger partial charge >= 0.3 is 5.38 Å². The van der Waals surface area contributed by atoms with E-state index in [0.29, 0.717) is 15.4 Å². The van der Waals surface area contributed by atoms with Crippen LogP contribution in [0, 0.1) is 0 Å². The molecule has 0 unspecified atom stereocenters. The van der Waals surface area contributed by atoms with E-state index in [2.05, 4.69) is 10.2 Å². The topological polar surface area (TPSA) is 49.0 Å². The molecule has 0 aromatic carbocycles. The van der Waals surface area contributed by atoms with Crippen molar-refractivity contribution in [1.29, 1.82) is 0 Å². The largest absolute Gasteiger partial charge is 0.364 e. The van der Waals surface area contributed by atoms with Gasteiger partial charge in [0.2, 0.25) is 0 Å². The normalized spacial score (nSPS) is 16.0. The lowest BCUT2D eigenvalue weighted by Crippen LogP contribution is -2.35. The zero-order valence-electron chi connectivity index (χ0n) is 11.6. The van der Waals surface area contributed by atoms with Crippen LogP contribution < -0.4 is 0 Å². The molecule has 1 fully saturated rings. The molecule has 118 valence electrons. The molecule has 2 aromatic heterocycles. The van der Waals surface area contributed by atoms with Crippen LogP contribution in [0.3, 0.4) is 0 Å². The SMILES string of the molecule is O=C(c1ccc(-c2cc(C(F)(F)Cl)[nH]n2)s1)N1CCCCC1. The molecule has 1 amide bonds. The van der Waals surface area contributed by atoms with E-state index in [4.69, 9.17) is 11.6 Å². The number of carbonyl (C=O) groups excluding carboxylic acids is 1. The lowest BCUT2D eigenvalue weighted by molar-refractivity contribution is 0.0729. The smallest absolute Gasteiger partial charge is 0.338 e. The van der Waals surface area contributed by atoms with Crippen LogP contribution in [0.2, 0.25) is 0 Å². The molecule has 0 atom stereocenters. The van der Waals surface area contributed by atoms with Crippen molar-refractivity contribution in [1.82, 2.24) is 15.1 Å². The van der Waals surface area contributed by atoms with Gasteiger partial charge in [-0.2, -0.15) is 13.9 Å². The number of likely N-dealkylation sites (tertiary alicyclic amines) is 1. The minimum Gasteiger partial charge on any atom is -0.338 e. The second kappa shape index (κ2) is 5.96. The molecule has 0 bridgehead atoms. The quantitative estimate of drug-likeness (QED) is 0.853. The van der Waals surface area contributed by atoms with Gasteiger partial charge < -0.3 is 4.90 Å². The number of hydrogen-bond donors (Lipinski definition) is 1. The Morgan fingerprint density at radius 2 is 2.05 bits per heavy atom.